The Labute approximate surface area is 106 Å². The van der Waals surface area contributed by atoms with Crippen LogP contribution in [0.4, 0.5) is 17.1 Å². The Hall–Kier alpha value is -2.67. The average molecular weight is 239 g/mol. The second-order valence-corrected chi connectivity index (χ2v) is 3.77. The number of nitrogens with one attached hydrogen (secondary N) is 1. The molecule has 2 rings (SSSR count). The van der Waals surface area contributed by atoms with Crippen LogP contribution in [0.15, 0.2) is 42.5 Å². The zero-order valence-corrected chi connectivity index (χ0v) is 9.97. The lowest BCUT2D eigenvalue weighted by atomic mass is 10.1. The fraction of sp³-hybridized carbons (Fsp3) is 0.0714. The standard InChI is InChI=1S/C14H13N3O/c1-18-13-4-2-3-11(8-13)17-12-5-6-14(16)10(7-12)9-15/h2-8,17H,16H2,1H3. The number of ether oxygens (including phenoxy) is 1. The van der Waals surface area contributed by atoms with Crippen LogP contribution in [0.5, 0.6) is 5.75 Å². The molecule has 0 aliphatic carbocycles. The van der Waals surface area contributed by atoms with Gasteiger partial charge >= 0.3 is 0 Å². The Morgan fingerprint density at radius 3 is 2.67 bits per heavy atom. The number of rotatable bonds is 3. The van der Waals surface area contributed by atoms with Crippen molar-refractivity contribution in [3.63, 3.8) is 0 Å². The highest BCUT2D eigenvalue weighted by Crippen LogP contribution is 2.23. The molecule has 2 aromatic carbocycles. The fourth-order valence-corrected chi connectivity index (χ4v) is 1.60. The van der Waals surface area contributed by atoms with Gasteiger partial charge in [0.05, 0.1) is 12.7 Å². The summed E-state index contributed by atoms with van der Waals surface area (Å²) in [6.07, 6.45) is 0. The lowest BCUT2D eigenvalue weighted by Crippen LogP contribution is -1.95. The highest BCUT2D eigenvalue weighted by Gasteiger charge is 2.01. The largest absolute Gasteiger partial charge is 0.497 e. The van der Waals surface area contributed by atoms with E-state index in [1.165, 1.54) is 0 Å². The zero-order valence-electron chi connectivity index (χ0n) is 9.97. The molecule has 0 amide bonds. The summed E-state index contributed by atoms with van der Waals surface area (Å²) < 4.78 is 5.14. The Kier molecular flexibility index (Phi) is 3.35. The van der Waals surface area contributed by atoms with E-state index in [2.05, 4.69) is 11.4 Å². The van der Waals surface area contributed by atoms with Gasteiger partial charge in [0.25, 0.3) is 0 Å². The van der Waals surface area contributed by atoms with Gasteiger partial charge in [-0.3, -0.25) is 0 Å². The average Bonchev–Trinajstić information content (AvgIpc) is 2.41. The molecule has 0 aliphatic rings. The van der Waals surface area contributed by atoms with Crippen LogP contribution in [-0.4, -0.2) is 7.11 Å². The topological polar surface area (TPSA) is 71.1 Å². The number of benzene rings is 2. The molecule has 90 valence electrons. The van der Waals surface area contributed by atoms with Gasteiger partial charge in [0.1, 0.15) is 11.8 Å². The summed E-state index contributed by atoms with van der Waals surface area (Å²) in [5.41, 5.74) is 8.32. The van der Waals surface area contributed by atoms with Gasteiger partial charge in [-0.2, -0.15) is 5.26 Å². The number of hydrogen-bond donors (Lipinski definition) is 2. The van der Waals surface area contributed by atoms with Gasteiger partial charge in [-0.15, -0.1) is 0 Å². The number of anilines is 3. The Morgan fingerprint density at radius 1 is 1.17 bits per heavy atom. The van der Waals surface area contributed by atoms with E-state index in [4.69, 9.17) is 15.7 Å². The molecule has 18 heavy (non-hydrogen) atoms. The van der Waals surface area contributed by atoms with Crippen LogP contribution in [0.2, 0.25) is 0 Å². The summed E-state index contributed by atoms with van der Waals surface area (Å²) in [6.45, 7) is 0. The molecule has 3 N–H and O–H groups in total. The van der Waals surface area contributed by atoms with Gasteiger partial charge in [0.2, 0.25) is 0 Å². The maximum absolute atomic E-state index is 8.91. The van der Waals surface area contributed by atoms with Crippen molar-refractivity contribution >= 4 is 17.1 Å². The molecular weight excluding hydrogens is 226 g/mol. The molecule has 0 bridgehead atoms. The van der Waals surface area contributed by atoms with E-state index in [0.29, 0.717) is 11.3 Å². The first kappa shape index (κ1) is 11.8. The summed E-state index contributed by atoms with van der Waals surface area (Å²) >= 11 is 0. The molecular formula is C14H13N3O. The number of nitriles is 1. The third-order valence-corrected chi connectivity index (χ3v) is 2.53. The number of nitrogens with two attached hydrogens (primary N) is 1. The summed E-state index contributed by atoms with van der Waals surface area (Å²) in [5.74, 6) is 0.774. The van der Waals surface area contributed by atoms with Crippen molar-refractivity contribution in [1.29, 1.82) is 5.26 Å². The van der Waals surface area contributed by atoms with Crippen LogP contribution in [0.25, 0.3) is 0 Å². The second-order valence-electron chi connectivity index (χ2n) is 3.77. The molecule has 0 fully saturated rings. The van der Waals surface area contributed by atoms with Crippen molar-refractivity contribution in [3.8, 4) is 11.8 Å². The summed E-state index contributed by atoms with van der Waals surface area (Å²) in [4.78, 5) is 0. The quantitative estimate of drug-likeness (QED) is 0.808. The predicted molar refractivity (Wildman–Crippen MR) is 71.8 cm³/mol. The molecule has 0 saturated heterocycles. The summed E-state index contributed by atoms with van der Waals surface area (Å²) in [7, 11) is 1.62. The lowest BCUT2D eigenvalue weighted by Gasteiger charge is -2.09. The predicted octanol–water partition coefficient (Wildman–Crippen LogP) is 2.89. The smallest absolute Gasteiger partial charge is 0.120 e. The summed E-state index contributed by atoms with van der Waals surface area (Å²) in [5, 5.41) is 12.1. The zero-order chi connectivity index (χ0) is 13.0. The monoisotopic (exact) mass is 239 g/mol. The van der Waals surface area contributed by atoms with E-state index in [1.54, 1.807) is 19.2 Å². The third-order valence-electron chi connectivity index (χ3n) is 2.53. The molecule has 0 saturated carbocycles. The van der Waals surface area contributed by atoms with Gasteiger partial charge in [0.15, 0.2) is 0 Å². The normalized spacial score (nSPS) is 9.56. The van der Waals surface area contributed by atoms with Crippen molar-refractivity contribution in [1.82, 2.24) is 0 Å². The minimum atomic E-state index is 0.461. The maximum Gasteiger partial charge on any atom is 0.120 e. The molecule has 0 atom stereocenters. The first-order chi connectivity index (χ1) is 8.72. The van der Waals surface area contributed by atoms with Crippen LogP contribution in [0, 0.1) is 11.3 Å². The molecule has 0 radical (unpaired) electrons. The fourth-order valence-electron chi connectivity index (χ4n) is 1.60. The van der Waals surface area contributed by atoms with E-state index >= 15 is 0 Å². The number of nitrogens with zero attached hydrogens (tertiary/aromatic N) is 1. The SMILES string of the molecule is COc1cccc(Nc2ccc(N)c(C#N)c2)c1. The number of hydrogen-bond acceptors (Lipinski definition) is 4. The van der Waals surface area contributed by atoms with E-state index in [-0.39, 0.29) is 0 Å². The first-order valence-corrected chi connectivity index (χ1v) is 5.43. The second kappa shape index (κ2) is 5.11. The van der Waals surface area contributed by atoms with E-state index in [0.717, 1.165) is 17.1 Å². The Bertz CT molecular complexity index is 602. The Balaban J connectivity index is 2.26. The van der Waals surface area contributed by atoms with Crippen molar-refractivity contribution in [2.24, 2.45) is 0 Å². The molecule has 4 nitrogen and oxygen atoms in total. The van der Waals surface area contributed by atoms with Gasteiger partial charge in [-0.05, 0) is 30.3 Å². The highest BCUT2D eigenvalue weighted by molar-refractivity contribution is 5.67. The molecule has 0 unspecified atom stereocenters. The van der Waals surface area contributed by atoms with E-state index in [9.17, 15) is 0 Å². The van der Waals surface area contributed by atoms with Crippen molar-refractivity contribution in [2.45, 2.75) is 0 Å². The molecule has 4 heteroatoms. The van der Waals surface area contributed by atoms with Gasteiger partial charge < -0.3 is 15.8 Å². The van der Waals surface area contributed by atoms with Crippen LogP contribution in [0.1, 0.15) is 5.56 Å². The van der Waals surface area contributed by atoms with Crippen molar-refractivity contribution in [2.75, 3.05) is 18.2 Å². The number of nitrogen functional groups attached to an aromatic ring is 1. The van der Waals surface area contributed by atoms with Gasteiger partial charge in [-0.1, -0.05) is 6.07 Å². The highest BCUT2D eigenvalue weighted by atomic mass is 16.5. The van der Waals surface area contributed by atoms with Crippen LogP contribution < -0.4 is 15.8 Å². The van der Waals surface area contributed by atoms with E-state index in [1.807, 2.05) is 30.3 Å². The van der Waals surface area contributed by atoms with Crippen LogP contribution >= 0.6 is 0 Å². The lowest BCUT2D eigenvalue weighted by molar-refractivity contribution is 0.415. The molecule has 0 heterocycles. The van der Waals surface area contributed by atoms with Crippen LogP contribution in [0.3, 0.4) is 0 Å². The van der Waals surface area contributed by atoms with Crippen molar-refractivity contribution < 1.29 is 4.74 Å². The Morgan fingerprint density at radius 2 is 1.94 bits per heavy atom. The first-order valence-electron chi connectivity index (χ1n) is 5.43. The van der Waals surface area contributed by atoms with E-state index < -0.39 is 0 Å². The molecule has 0 aliphatic heterocycles. The molecule has 0 spiro atoms. The van der Waals surface area contributed by atoms with Gasteiger partial charge in [-0.25, -0.2) is 0 Å². The molecule has 2 aromatic rings. The minimum Gasteiger partial charge on any atom is -0.497 e. The minimum absolute atomic E-state index is 0.461. The maximum atomic E-state index is 8.91. The van der Waals surface area contributed by atoms with Gasteiger partial charge in [0, 0.05) is 23.1 Å². The molecule has 0 aromatic heterocycles. The third kappa shape index (κ3) is 2.53. The number of methoxy groups -OCH3 is 1. The summed E-state index contributed by atoms with van der Waals surface area (Å²) in [6, 6.07) is 14.9. The van der Waals surface area contributed by atoms with Crippen LogP contribution in [-0.2, 0) is 0 Å². The van der Waals surface area contributed by atoms with Crippen molar-refractivity contribution in [3.05, 3.63) is 48.0 Å².